The molecule has 2 rings (SSSR count). The summed E-state index contributed by atoms with van der Waals surface area (Å²) in [4.78, 5) is 25.0. The van der Waals surface area contributed by atoms with E-state index >= 15 is 0 Å². The number of benzene rings is 1. The van der Waals surface area contributed by atoms with Gasteiger partial charge in [-0.25, -0.2) is 4.79 Å². The third kappa shape index (κ3) is 3.85. The number of carbonyl (C=O) groups excluding carboxylic acids is 2. The summed E-state index contributed by atoms with van der Waals surface area (Å²) in [5, 5.41) is 6.62. The zero-order valence-corrected chi connectivity index (χ0v) is 12.7. The molecule has 0 saturated carbocycles. The van der Waals surface area contributed by atoms with Gasteiger partial charge in [-0.15, -0.1) is 0 Å². The molecule has 1 aromatic carbocycles. The number of anilines is 1. The number of aromatic nitrogens is 2. The van der Waals surface area contributed by atoms with Gasteiger partial charge in [0, 0.05) is 27.2 Å². The van der Waals surface area contributed by atoms with Crippen molar-refractivity contribution in [3.05, 3.63) is 47.7 Å². The Labute approximate surface area is 128 Å². The van der Waals surface area contributed by atoms with Gasteiger partial charge in [0.25, 0.3) is 5.91 Å². The summed E-state index contributed by atoms with van der Waals surface area (Å²) < 4.78 is 6.53. The van der Waals surface area contributed by atoms with Gasteiger partial charge < -0.3 is 9.64 Å². The van der Waals surface area contributed by atoms with Crippen molar-refractivity contribution in [2.45, 2.75) is 6.61 Å². The Morgan fingerprint density at radius 2 is 1.95 bits per heavy atom. The maximum absolute atomic E-state index is 11.8. The van der Waals surface area contributed by atoms with Crippen LogP contribution in [0.3, 0.4) is 0 Å². The monoisotopic (exact) mass is 302 g/mol. The smallest absolute Gasteiger partial charge is 0.413 e. The highest BCUT2D eigenvalue weighted by Crippen LogP contribution is 2.11. The maximum Gasteiger partial charge on any atom is 0.413 e. The van der Waals surface area contributed by atoms with E-state index in [1.54, 1.807) is 21.1 Å². The Bertz CT molecular complexity index is 665. The lowest BCUT2D eigenvalue weighted by Gasteiger charge is -2.06. The van der Waals surface area contributed by atoms with Crippen molar-refractivity contribution in [2.24, 2.45) is 7.05 Å². The number of aryl methyl sites for hydroxylation is 1. The highest BCUT2D eigenvalue weighted by atomic mass is 16.5. The van der Waals surface area contributed by atoms with Gasteiger partial charge in [0.2, 0.25) is 0 Å². The SMILES string of the molecule is CN(C)C(=O)c1cc(NC(=O)OCc2ccccc2)n(C)n1. The predicted molar refractivity (Wildman–Crippen MR) is 81.5 cm³/mol. The molecule has 116 valence electrons. The number of rotatable bonds is 4. The van der Waals surface area contributed by atoms with Crippen LogP contribution in [0, 0.1) is 0 Å². The van der Waals surface area contributed by atoms with Gasteiger partial charge in [-0.1, -0.05) is 30.3 Å². The molecule has 2 amide bonds. The van der Waals surface area contributed by atoms with Crippen LogP contribution in [0.5, 0.6) is 0 Å². The Morgan fingerprint density at radius 3 is 2.59 bits per heavy atom. The van der Waals surface area contributed by atoms with Crippen LogP contribution >= 0.6 is 0 Å². The molecule has 0 fully saturated rings. The van der Waals surface area contributed by atoms with Crippen molar-refractivity contribution in [3.63, 3.8) is 0 Å². The van der Waals surface area contributed by atoms with Crippen molar-refractivity contribution in [3.8, 4) is 0 Å². The first-order valence-corrected chi connectivity index (χ1v) is 6.71. The molecule has 0 atom stereocenters. The minimum Gasteiger partial charge on any atom is -0.444 e. The fourth-order valence-electron chi connectivity index (χ4n) is 1.78. The second-order valence-corrected chi connectivity index (χ2v) is 4.92. The molecule has 7 nitrogen and oxygen atoms in total. The van der Waals surface area contributed by atoms with Crippen molar-refractivity contribution in [1.29, 1.82) is 0 Å². The summed E-state index contributed by atoms with van der Waals surface area (Å²) in [6.45, 7) is 0.175. The molecule has 1 aromatic heterocycles. The molecule has 0 saturated heterocycles. The molecule has 1 heterocycles. The zero-order chi connectivity index (χ0) is 16.1. The standard InChI is InChI=1S/C15H18N4O3/c1-18(2)14(20)12-9-13(19(3)17-12)16-15(21)22-10-11-7-5-4-6-8-11/h4-9H,10H2,1-3H3,(H,16,21). The van der Waals surface area contributed by atoms with E-state index in [1.165, 1.54) is 15.6 Å². The second-order valence-electron chi connectivity index (χ2n) is 4.92. The maximum atomic E-state index is 11.8. The minimum atomic E-state index is -0.601. The average Bonchev–Trinajstić information content (AvgIpc) is 2.86. The van der Waals surface area contributed by atoms with Crippen LogP contribution in [0.25, 0.3) is 0 Å². The lowest BCUT2D eigenvalue weighted by Crippen LogP contribution is -2.22. The first-order valence-electron chi connectivity index (χ1n) is 6.71. The highest BCUT2D eigenvalue weighted by Gasteiger charge is 2.16. The summed E-state index contributed by atoms with van der Waals surface area (Å²) in [5.74, 6) is 0.157. The van der Waals surface area contributed by atoms with Gasteiger partial charge in [0.05, 0.1) is 0 Å². The largest absolute Gasteiger partial charge is 0.444 e. The van der Waals surface area contributed by atoms with E-state index in [1.807, 2.05) is 30.3 Å². The molecule has 0 aliphatic heterocycles. The number of ether oxygens (including phenoxy) is 1. The van der Waals surface area contributed by atoms with Gasteiger partial charge in [-0.2, -0.15) is 5.10 Å². The highest BCUT2D eigenvalue weighted by molar-refractivity contribution is 5.94. The molecule has 0 bridgehead atoms. The second kappa shape index (κ2) is 6.75. The van der Waals surface area contributed by atoms with Crippen LogP contribution in [0.15, 0.2) is 36.4 Å². The lowest BCUT2D eigenvalue weighted by atomic mass is 10.2. The minimum absolute atomic E-state index is 0.175. The van der Waals surface area contributed by atoms with Crippen LogP contribution in [0.1, 0.15) is 16.1 Å². The Morgan fingerprint density at radius 1 is 1.27 bits per heavy atom. The first kappa shape index (κ1) is 15.6. The van der Waals surface area contributed by atoms with Crippen LogP contribution < -0.4 is 5.32 Å². The van der Waals surface area contributed by atoms with E-state index < -0.39 is 6.09 Å². The number of amides is 2. The topological polar surface area (TPSA) is 76.5 Å². The summed E-state index contributed by atoms with van der Waals surface area (Å²) >= 11 is 0. The third-order valence-electron chi connectivity index (χ3n) is 2.95. The lowest BCUT2D eigenvalue weighted by molar-refractivity contribution is 0.0821. The van der Waals surface area contributed by atoms with Gasteiger partial charge in [0.1, 0.15) is 12.4 Å². The van der Waals surface area contributed by atoms with Gasteiger partial charge in [-0.3, -0.25) is 14.8 Å². The molecule has 7 heteroatoms. The molecule has 1 N–H and O–H groups in total. The van der Waals surface area contributed by atoms with E-state index in [0.717, 1.165) is 5.56 Å². The number of hydrogen-bond donors (Lipinski definition) is 1. The van der Waals surface area contributed by atoms with Crippen LogP contribution in [0.4, 0.5) is 10.6 Å². The Balaban J connectivity index is 1.95. The Hall–Kier alpha value is -2.83. The Kier molecular flexibility index (Phi) is 4.77. The van der Waals surface area contributed by atoms with Crippen molar-refractivity contribution in [2.75, 3.05) is 19.4 Å². The van der Waals surface area contributed by atoms with E-state index in [2.05, 4.69) is 10.4 Å². The third-order valence-corrected chi connectivity index (χ3v) is 2.95. The van der Waals surface area contributed by atoms with Gasteiger partial charge in [0.15, 0.2) is 5.69 Å². The van der Waals surface area contributed by atoms with Crippen molar-refractivity contribution < 1.29 is 14.3 Å². The van der Waals surface area contributed by atoms with Crippen LogP contribution in [-0.2, 0) is 18.4 Å². The van der Waals surface area contributed by atoms with E-state index in [0.29, 0.717) is 5.82 Å². The van der Waals surface area contributed by atoms with Gasteiger partial charge in [-0.05, 0) is 5.56 Å². The molecule has 22 heavy (non-hydrogen) atoms. The molecule has 0 radical (unpaired) electrons. The summed E-state index contributed by atoms with van der Waals surface area (Å²) in [6, 6.07) is 10.9. The summed E-state index contributed by atoms with van der Waals surface area (Å²) in [5.41, 5.74) is 1.15. The fraction of sp³-hybridized carbons (Fsp3) is 0.267. The fourth-order valence-corrected chi connectivity index (χ4v) is 1.78. The molecule has 0 unspecified atom stereocenters. The zero-order valence-electron chi connectivity index (χ0n) is 12.7. The van der Waals surface area contributed by atoms with Gasteiger partial charge >= 0.3 is 6.09 Å². The normalized spacial score (nSPS) is 10.1. The number of nitrogens with one attached hydrogen (secondary N) is 1. The number of hydrogen-bond acceptors (Lipinski definition) is 4. The average molecular weight is 302 g/mol. The molecule has 0 aliphatic rings. The van der Waals surface area contributed by atoms with Crippen LogP contribution in [-0.4, -0.2) is 40.8 Å². The molecule has 0 spiro atoms. The van der Waals surface area contributed by atoms with Crippen molar-refractivity contribution in [1.82, 2.24) is 14.7 Å². The number of nitrogens with zero attached hydrogens (tertiary/aromatic N) is 3. The quantitative estimate of drug-likeness (QED) is 0.935. The molecular weight excluding hydrogens is 284 g/mol. The van der Waals surface area contributed by atoms with E-state index in [-0.39, 0.29) is 18.2 Å². The van der Waals surface area contributed by atoms with Crippen LogP contribution in [0.2, 0.25) is 0 Å². The molecule has 2 aromatic rings. The summed E-state index contributed by atoms with van der Waals surface area (Å²) in [7, 11) is 4.91. The molecule has 0 aliphatic carbocycles. The van der Waals surface area contributed by atoms with E-state index in [9.17, 15) is 9.59 Å². The predicted octanol–water partition coefficient (Wildman–Crippen LogP) is 1.87. The number of carbonyl (C=O) groups is 2. The summed E-state index contributed by atoms with van der Waals surface area (Å²) in [6.07, 6.45) is -0.601. The van der Waals surface area contributed by atoms with Crippen molar-refractivity contribution >= 4 is 17.8 Å². The molecular formula is C15H18N4O3. The first-order chi connectivity index (χ1) is 10.5. The van der Waals surface area contributed by atoms with E-state index in [4.69, 9.17) is 4.74 Å².